The van der Waals surface area contributed by atoms with Crippen molar-refractivity contribution < 1.29 is 9.26 Å². The Bertz CT molecular complexity index is 446. The third-order valence-electron chi connectivity index (χ3n) is 4.46. The van der Waals surface area contributed by atoms with Gasteiger partial charge < -0.3 is 19.5 Å². The molecule has 1 aliphatic carbocycles. The van der Waals surface area contributed by atoms with Crippen LogP contribution >= 0.6 is 0 Å². The van der Waals surface area contributed by atoms with E-state index < -0.39 is 0 Å². The summed E-state index contributed by atoms with van der Waals surface area (Å²) in [5, 5.41) is 7.78. The van der Waals surface area contributed by atoms with Crippen LogP contribution in [-0.4, -0.2) is 41.9 Å². The number of hydrogen-bond acceptors (Lipinski definition) is 6. The maximum Gasteiger partial charge on any atom is 0.324 e. The lowest BCUT2D eigenvalue weighted by atomic mass is 10.1. The summed E-state index contributed by atoms with van der Waals surface area (Å²) in [4.78, 5) is 6.72. The Hall–Kier alpha value is -1.14. The minimum absolute atomic E-state index is 0.0431. The highest BCUT2D eigenvalue weighted by atomic mass is 16.5. The minimum atomic E-state index is 0.0431. The van der Waals surface area contributed by atoms with Gasteiger partial charge in [0.05, 0.1) is 0 Å². The number of hydrogen-bond donors (Lipinski definition) is 1. The second-order valence-electron chi connectivity index (χ2n) is 6.14. The Morgan fingerprint density at radius 1 is 1.05 bits per heavy atom. The zero-order valence-electron chi connectivity index (χ0n) is 11.8. The van der Waals surface area contributed by atoms with E-state index in [-0.39, 0.29) is 6.10 Å². The van der Waals surface area contributed by atoms with Crippen LogP contribution in [0.2, 0.25) is 0 Å². The molecule has 4 rings (SSSR count). The van der Waals surface area contributed by atoms with E-state index >= 15 is 0 Å². The van der Waals surface area contributed by atoms with Crippen LogP contribution in [0, 0.1) is 0 Å². The highest BCUT2D eigenvalue weighted by molar-refractivity contribution is 5.26. The topological polar surface area (TPSA) is 63.4 Å². The van der Waals surface area contributed by atoms with E-state index in [2.05, 4.69) is 20.4 Å². The van der Waals surface area contributed by atoms with Gasteiger partial charge in [-0.15, -0.1) is 0 Å². The summed E-state index contributed by atoms with van der Waals surface area (Å²) < 4.78 is 11.0. The molecule has 0 bridgehead atoms. The summed E-state index contributed by atoms with van der Waals surface area (Å²) in [5.41, 5.74) is 0. The SMILES string of the molecule is C1COC(c2noc(N3CCC(NC4CC4)CC3)n2)C1. The van der Waals surface area contributed by atoms with Gasteiger partial charge in [0.15, 0.2) is 0 Å². The van der Waals surface area contributed by atoms with Crippen molar-refractivity contribution in [2.24, 2.45) is 0 Å². The Kier molecular flexibility index (Phi) is 3.36. The highest BCUT2D eigenvalue weighted by Gasteiger charge is 2.29. The molecule has 1 aromatic rings. The van der Waals surface area contributed by atoms with Crippen LogP contribution in [-0.2, 0) is 4.74 Å². The van der Waals surface area contributed by atoms with Crippen molar-refractivity contribution in [2.45, 2.75) is 56.7 Å². The van der Waals surface area contributed by atoms with Gasteiger partial charge in [-0.1, -0.05) is 5.16 Å². The normalized spacial score (nSPS) is 28.2. The van der Waals surface area contributed by atoms with Gasteiger partial charge in [-0.05, 0) is 38.5 Å². The zero-order chi connectivity index (χ0) is 13.4. The molecule has 1 aromatic heterocycles. The average molecular weight is 278 g/mol. The largest absolute Gasteiger partial charge is 0.370 e. The molecule has 20 heavy (non-hydrogen) atoms. The first-order valence-electron chi connectivity index (χ1n) is 7.85. The standard InChI is InChI=1S/C14H22N4O2/c1-2-12(19-9-1)13-16-14(20-17-13)18-7-5-11(6-8-18)15-10-3-4-10/h10-12,15H,1-9H2. The van der Waals surface area contributed by atoms with Crippen molar-refractivity contribution in [3.8, 4) is 0 Å². The van der Waals surface area contributed by atoms with Gasteiger partial charge in [0.25, 0.3) is 0 Å². The van der Waals surface area contributed by atoms with E-state index in [0.717, 1.165) is 57.2 Å². The van der Waals surface area contributed by atoms with E-state index in [1.54, 1.807) is 0 Å². The first-order chi connectivity index (χ1) is 9.88. The molecule has 1 saturated carbocycles. The Balaban J connectivity index is 1.33. The average Bonchev–Trinajstić information content (AvgIpc) is 2.98. The third kappa shape index (κ3) is 2.67. The van der Waals surface area contributed by atoms with Gasteiger partial charge in [-0.3, -0.25) is 0 Å². The fourth-order valence-electron chi connectivity index (χ4n) is 3.09. The van der Waals surface area contributed by atoms with Crippen LogP contribution in [0.25, 0.3) is 0 Å². The van der Waals surface area contributed by atoms with Crippen molar-refractivity contribution in [3.63, 3.8) is 0 Å². The lowest BCUT2D eigenvalue weighted by molar-refractivity contribution is 0.103. The summed E-state index contributed by atoms with van der Waals surface area (Å²) in [6.07, 6.45) is 7.17. The second kappa shape index (κ2) is 5.33. The second-order valence-corrected chi connectivity index (χ2v) is 6.14. The molecule has 6 heteroatoms. The zero-order valence-corrected chi connectivity index (χ0v) is 11.8. The number of nitrogens with one attached hydrogen (secondary N) is 1. The van der Waals surface area contributed by atoms with Crippen molar-refractivity contribution in [1.29, 1.82) is 0 Å². The van der Waals surface area contributed by atoms with Gasteiger partial charge >= 0.3 is 6.01 Å². The summed E-state index contributed by atoms with van der Waals surface area (Å²) in [6.45, 7) is 2.81. The van der Waals surface area contributed by atoms with Gasteiger partial charge in [0.1, 0.15) is 6.10 Å². The molecule has 6 nitrogen and oxygen atoms in total. The predicted octanol–water partition coefficient (Wildman–Crippen LogP) is 1.64. The van der Waals surface area contributed by atoms with Crippen LogP contribution in [0.1, 0.15) is 50.5 Å². The lowest BCUT2D eigenvalue weighted by Gasteiger charge is -2.31. The van der Waals surface area contributed by atoms with E-state index in [1.807, 2.05) is 0 Å². The van der Waals surface area contributed by atoms with Gasteiger partial charge in [-0.25, -0.2) is 0 Å². The van der Waals surface area contributed by atoms with Crippen LogP contribution in [0.15, 0.2) is 4.52 Å². The van der Waals surface area contributed by atoms with Crippen LogP contribution in [0.5, 0.6) is 0 Å². The summed E-state index contributed by atoms with van der Waals surface area (Å²) in [5.74, 6) is 0.718. The molecule has 0 radical (unpaired) electrons. The van der Waals surface area contributed by atoms with Crippen molar-refractivity contribution in [2.75, 3.05) is 24.6 Å². The predicted molar refractivity (Wildman–Crippen MR) is 73.6 cm³/mol. The summed E-state index contributed by atoms with van der Waals surface area (Å²) in [7, 11) is 0. The first-order valence-corrected chi connectivity index (χ1v) is 7.85. The quantitative estimate of drug-likeness (QED) is 0.903. The Labute approximate surface area is 118 Å². The maximum absolute atomic E-state index is 5.59. The van der Waals surface area contributed by atoms with Crippen molar-refractivity contribution >= 4 is 6.01 Å². The molecule has 1 unspecified atom stereocenters. The third-order valence-corrected chi connectivity index (χ3v) is 4.46. The van der Waals surface area contributed by atoms with E-state index in [4.69, 9.17) is 9.26 Å². The Morgan fingerprint density at radius 3 is 2.55 bits per heavy atom. The Morgan fingerprint density at radius 2 is 1.85 bits per heavy atom. The van der Waals surface area contributed by atoms with E-state index in [0.29, 0.717) is 12.1 Å². The van der Waals surface area contributed by atoms with Crippen molar-refractivity contribution in [3.05, 3.63) is 5.82 Å². The molecule has 0 spiro atoms. The highest BCUT2D eigenvalue weighted by Crippen LogP contribution is 2.28. The summed E-state index contributed by atoms with van der Waals surface area (Å²) in [6, 6.07) is 2.13. The van der Waals surface area contributed by atoms with Crippen LogP contribution in [0.3, 0.4) is 0 Å². The van der Waals surface area contributed by atoms with Gasteiger partial charge in [0, 0.05) is 31.8 Å². The number of aromatic nitrogens is 2. The van der Waals surface area contributed by atoms with Crippen LogP contribution in [0.4, 0.5) is 6.01 Å². The monoisotopic (exact) mass is 278 g/mol. The van der Waals surface area contributed by atoms with Crippen molar-refractivity contribution in [1.82, 2.24) is 15.5 Å². The molecule has 3 fully saturated rings. The number of piperidine rings is 1. The molecule has 1 atom stereocenters. The van der Waals surface area contributed by atoms with E-state index in [1.165, 1.54) is 12.8 Å². The molecular formula is C14H22N4O2. The number of ether oxygens (including phenoxy) is 1. The minimum Gasteiger partial charge on any atom is -0.370 e. The molecule has 0 aromatic carbocycles. The molecule has 2 aliphatic heterocycles. The number of rotatable bonds is 4. The van der Waals surface area contributed by atoms with E-state index in [9.17, 15) is 0 Å². The fraction of sp³-hybridized carbons (Fsp3) is 0.857. The maximum atomic E-state index is 5.59. The lowest BCUT2D eigenvalue weighted by Crippen LogP contribution is -2.43. The molecule has 110 valence electrons. The fourth-order valence-corrected chi connectivity index (χ4v) is 3.09. The molecular weight excluding hydrogens is 256 g/mol. The first kappa shape index (κ1) is 12.6. The summed E-state index contributed by atoms with van der Waals surface area (Å²) >= 11 is 0. The molecule has 3 heterocycles. The smallest absolute Gasteiger partial charge is 0.324 e. The molecule has 2 saturated heterocycles. The molecule has 3 aliphatic rings. The molecule has 0 amide bonds. The van der Waals surface area contributed by atoms with Gasteiger partial charge in [-0.2, -0.15) is 4.98 Å². The number of anilines is 1. The molecule has 1 N–H and O–H groups in total. The number of nitrogens with zero attached hydrogens (tertiary/aromatic N) is 3. The van der Waals surface area contributed by atoms with Crippen LogP contribution < -0.4 is 10.2 Å². The van der Waals surface area contributed by atoms with Gasteiger partial charge in [0.2, 0.25) is 5.82 Å².